The number of halogens is 1. The summed E-state index contributed by atoms with van der Waals surface area (Å²) in [5, 5.41) is 11.5. The number of hydrogen-bond acceptors (Lipinski definition) is 3. The molecule has 5 heteroatoms. The highest BCUT2D eigenvalue weighted by Gasteiger charge is 2.37. The number of nitrogens with zero attached hydrogens (tertiary/aromatic N) is 1. The van der Waals surface area contributed by atoms with Gasteiger partial charge in [-0.15, -0.1) is 11.3 Å². The molecule has 0 radical (unpaired) electrons. The normalized spacial score (nSPS) is 20.5. The molecule has 0 amide bonds. The van der Waals surface area contributed by atoms with Crippen molar-refractivity contribution >= 4 is 33.2 Å². The predicted octanol–water partition coefficient (Wildman–Crippen LogP) is 4.15. The maximum Gasteiger partial charge on any atom is 0.320 e. The number of rotatable bonds is 4. The quantitative estimate of drug-likeness (QED) is 0.884. The Kier molecular flexibility index (Phi) is 4.42. The molecule has 1 aromatic carbocycles. The Hall–Kier alpha value is -1.17. The zero-order chi connectivity index (χ0) is 14.8. The van der Waals surface area contributed by atoms with Crippen molar-refractivity contribution in [3.8, 4) is 0 Å². The summed E-state index contributed by atoms with van der Waals surface area (Å²) in [5.74, 6) is -0.718. The van der Waals surface area contributed by atoms with Crippen LogP contribution in [0, 0.1) is 0 Å². The van der Waals surface area contributed by atoms with Crippen LogP contribution in [0.25, 0.3) is 0 Å². The van der Waals surface area contributed by atoms with E-state index in [0.29, 0.717) is 0 Å². The van der Waals surface area contributed by atoms with Crippen LogP contribution in [-0.4, -0.2) is 28.6 Å². The molecule has 2 heterocycles. The molecule has 0 saturated carbocycles. The Labute approximate surface area is 136 Å². The second-order valence-corrected chi connectivity index (χ2v) is 7.10. The average molecular weight is 366 g/mol. The lowest BCUT2D eigenvalue weighted by atomic mass is 10.0. The zero-order valence-electron chi connectivity index (χ0n) is 11.4. The van der Waals surface area contributed by atoms with Crippen LogP contribution in [0.5, 0.6) is 0 Å². The summed E-state index contributed by atoms with van der Waals surface area (Å²) in [5.41, 5.74) is 1.14. The van der Waals surface area contributed by atoms with Crippen molar-refractivity contribution in [3.05, 3.63) is 56.7 Å². The van der Waals surface area contributed by atoms with E-state index in [-0.39, 0.29) is 6.04 Å². The summed E-state index contributed by atoms with van der Waals surface area (Å²) in [7, 11) is 0. The maximum absolute atomic E-state index is 11.5. The lowest BCUT2D eigenvalue weighted by Crippen LogP contribution is -2.39. The largest absolute Gasteiger partial charge is 0.480 e. The molecular weight excluding hydrogens is 350 g/mol. The minimum atomic E-state index is -0.718. The Balaban J connectivity index is 2.03. The third kappa shape index (κ3) is 3.05. The molecule has 110 valence electrons. The number of hydrogen-bond donors (Lipinski definition) is 1. The molecule has 1 aromatic heterocycles. The first kappa shape index (κ1) is 14.8. The monoisotopic (exact) mass is 365 g/mol. The van der Waals surface area contributed by atoms with Crippen molar-refractivity contribution in [1.29, 1.82) is 0 Å². The van der Waals surface area contributed by atoms with Gasteiger partial charge < -0.3 is 5.11 Å². The average Bonchev–Trinajstić information content (AvgIpc) is 3.10. The molecule has 21 heavy (non-hydrogen) atoms. The van der Waals surface area contributed by atoms with E-state index in [0.717, 1.165) is 29.4 Å². The first-order chi connectivity index (χ1) is 10.2. The third-order valence-electron chi connectivity index (χ3n) is 3.89. The minimum Gasteiger partial charge on any atom is -0.480 e. The lowest BCUT2D eigenvalue weighted by Gasteiger charge is -2.31. The first-order valence-corrected chi connectivity index (χ1v) is 8.61. The zero-order valence-corrected chi connectivity index (χ0v) is 13.8. The molecule has 2 unspecified atom stereocenters. The fourth-order valence-corrected chi connectivity index (χ4v) is 4.29. The summed E-state index contributed by atoms with van der Waals surface area (Å²) in [6.07, 6.45) is 1.66. The highest BCUT2D eigenvalue weighted by molar-refractivity contribution is 9.10. The number of likely N-dealkylation sites (tertiary alicyclic amines) is 1. The molecule has 2 aromatic rings. The lowest BCUT2D eigenvalue weighted by molar-refractivity contribution is -0.142. The van der Waals surface area contributed by atoms with Gasteiger partial charge in [-0.05, 0) is 42.0 Å². The molecule has 3 rings (SSSR count). The summed E-state index contributed by atoms with van der Waals surface area (Å²) < 4.78 is 1.02. The highest BCUT2D eigenvalue weighted by atomic mass is 79.9. The molecule has 1 aliphatic heterocycles. The Morgan fingerprint density at radius 3 is 2.90 bits per heavy atom. The smallest absolute Gasteiger partial charge is 0.320 e. The van der Waals surface area contributed by atoms with Gasteiger partial charge in [-0.1, -0.05) is 34.1 Å². The minimum absolute atomic E-state index is 0.0195. The van der Waals surface area contributed by atoms with Crippen LogP contribution in [-0.2, 0) is 4.79 Å². The van der Waals surface area contributed by atoms with E-state index in [1.54, 1.807) is 11.3 Å². The van der Waals surface area contributed by atoms with E-state index < -0.39 is 12.0 Å². The van der Waals surface area contributed by atoms with E-state index in [1.807, 2.05) is 23.6 Å². The summed E-state index contributed by atoms with van der Waals surface area (Å²) in [4.78, 5) is 14.9. The molecule has 2 atom stereocenters. The van der Waals surface area contributed by atoms with Gasteiger partial charge in [0, 0.05) is 15.9 Å². The topological polar surface area (TPSA) is 40.5 Å². The van der Waals surface area contributed by atoms with Crippen LogP contribution < -0.4 is 0 Å². The first-order valence-electron chi connectivity index (χ1n) is 6.94. The predicted molar refractivity (Wildman–Crippen MR) is 87.7 cm³/mol. The maximum atomic E-state index is 11.5. The van der Waals surface area contributed by atoms with Crippen LogP contribution in [0.2, 0.25) is 0 Å². The van der Waals surface area contributed by atoms with E-state index >= 15 is 0 Å². The van der Waals surface area contributed by atoms with Crippen molar-refractivity contribution in [2.24, 2.45) is 0 Å². The van der Waals surface area contributed by atoms with Crippen LogP contribution in [0.4, 0.5) is 0 Å². The molecule has 1 fully saturated rings. The van der Waals surface area contributed by atoms with Gasteiger partial charge in [0.15, 0.2) is 0 Å². The Morgan fingerprint density at radius 2 is 2.24 bits per heavy atom. The van der Waals surface area contributed by atoms with Gasteiger partial charge in [-0.3, -0.25) is 9.69 Å². The van der Waals surface area contributed by atoms with Crippen LogP contribution in [0.3, 0.4) is 0 Å². The van der Waals surface area contributed by atoms with Gasteiger partial charge in [0.2, 0.25) is 0 Å². The van der Waals surface area contributed by atoms with Crippen molar-refractivity contribution in [2.45, 2.75) is 24.9 Å². The van der Waals surface area contributed by atoms with E-state index in [4.69, 9.17) is 0 Å². The molecule has 0 spiro atoms. The second-order valence-electron chi connectivity index (χ2n) is 5.21. The van der Waals surface area contributed by atoms with Crippen molar-refractivity contribution < 1.29 is 9.90 Å². The van der Waals surface area contributed by atoms with Gasteiger partial charge >= 0.3 is 5.97 Å². The highest BCUT2D eigenvalue weighted by Crippen LogP contribution is 2.37. The number of carboxylic acids is 1. The number of benzene rings is 1. The Bertz CT molecular complexity index is 629. The fourth-order valence-electron chi connectivity index (χ4n) is 3.01. The molecule has 1 N–H and O–H groups in total. The van der Waals surface area contributed by atoms with Gasteiger partial charge in [0.1, 0.15) is 6.04 Å². The fraction of sp³-hybridized carbons (Fsp3) is 0.312. The number of thiophene rings is 1. The van der Waals surface area contributed by atoms with Gasteiger partial charge in [0.25, 0.3) is 0 Å². The molecular formula is C16H16BrNO2S. The van der Waals surface area contributed by atoms with E-state index in [1.165, 1.54) is 4.88 Å². The molecule has 3 nitrogen and oxygen atoms in total. The van der Waals surface area contributed by atoms with Crippen LogP contribution in [0.1, 0.15) is 29.3 Å². The standard InChI is InChI=1S/C16H16BrNO2S/c17-12-5-1-4-11(10-12)15(14-7-3-9-21-14)18-8-2-6-13(18)16(19)20/h1,3-5,7,9-10,13,15H,2,6,8H2,(H,19,20). The van der Waals surface area contributed by atoms with Crippen LogP contribution in [0.15, 0.2) is 46.3 Å². The SMILES string of the molecule is O=C(O)C1CCCN1C(c1cccc(Br)c1)c1cccs1. The third-order valence-corrected chi connectivity index (χ3v) is 5.31. The Morgan fingerprint density at radius 1 is 1.38 bits per heavy atom. The number of aliphatic carboxylic acids is 1. The second kappa shape index (κ2) is 6.30. The number of carbonyl (C=O) groups is 1. The van der Waals surface area contributed by atoms with E-state index in [2.05, 4.69) is 39.0 Å². The van der Waals surface area contributed by atoms with Crippen molar-refractivity contribution in [1.82, 2.24) is 4.90 Å². The summed E-state index contributed by atoms with van der Waals surface area (Å²) >= 11 is 5.20. The van der Waals surface area contributed by atoms with E-state index in [9.17, 15) is 9.90 Å². The number of carboxylic acid groups (broad SMARTS) is 1. The molecule has 1 aliphatic rings. The molecule has 0 aliphatic carbocycles. The molecule has 1 saturated heterocycles. The van der Waals surface area contributed by atoms with Gasteiger partial charge in [-0.2, -0.15) is 0 Å². The summed E-state index contributed by atoms with van der Waals surface area (Å²) in [6.45, 7) is 0.825. The van der Waals surface area contributed by atoms with Crippen molar-refractivity contribution in [2.75, 3.05) is 6.54 Å². The van der Waals surface area contributed by atoms with Gasteiger partial charge in [0.05, 0.1) is 6.04 Å². The summed E-state index contributed by atoms with van der Waals surface area (Å²) in [6, 6.07) is 11.9. The van der Waals surface area contributed by atoms with Crippen molar-refractivity contribution in [3.63, 3.8) is 0 Å². The van der Waals surface area contributed by atoms with Gasteiger partial charge in [-0.25, -0.2) is 0 Å². The van der Waals surface area contributed by atoms with Crippen LogP contribution >= 0.6 is 27.3 Å². The molecule has 0 bridgehead atoms.